The van der Waals surface area contributed by atoms with Gasteiger partial charge in [-0.1, -0.05) is 12.8 Å². The number of hydrogen-bond donors (Lipinski definition) is 3. The molecule has 5 unspecified atom stereocenters. The molecule has 6 nitrogen and oxygen atoms in total. The van der Waals surface area contributed by atoms with Crippen LogP contribution in [0, 0.1) is 0 Å². The normalized spacial score (nSPS) is 30.3. The van der Waals surface area contributed by atoms with Crippen LogP contribution in [-0.4, -0.2) is 41.6 Å². The standard InChI is InChI=1S/C23H29F3N4O2/c24-23(25,26)32-16-9-5-14(6-10-16)21-13-27-22(31-21)30-18-4-2-1-3-17(18)29-20-12-8-15-7-11-19(20)28-15/h5-6,9-10,13,15,17-20,28-29H,1-4,7-8,11-12H2,(H,27,30). The zero-order chi connectivity index (χ0) is 22.1. The number of anilines is 1. The molecule has 1 saturated carbocycles. The Kier molecular flexibility index (Phi) is 6.03. The number of alkyl halides is 3. The second-order valence-electron chi connectivity index (χ2n) is 9.14. The minimum atomic E-state index is -4.71. The summed E-state index contributed by atoms with van der Waals surface area (Å²) < 4.78 is 46.8. The van der Waals surface area contributed by atoms with Crippen LogP contribution in [0.4, 0.5) is 19.2 Å². The van der Waals surface area contributed by atoms with Crippen molar-refractivity contribution in [2.75, 3.05) is 5.32 Å². The summed E-state index contributed by atoms with van der Waals surface area (Å²) in [6, 6.07) is 8.43. The lowest BCUT2D eigenvalue weighted by atomic mass is 9.88. The molecule has 5 atom stereocenters. The fourth-order valence-electron chi connectivity index (χ4n) is 5.41. The van der Waals surface area contributed by atoms with Crippen LogP contribution in [0.15, 0.2) is 34.9 Å². The van der Waals surface area contributed by atoms with Gasteiger partial charge in [-0.15, -0.1) is 13.2 Å². The summed E-state index contributed by atoms with van der Waals surface area (Å²) in [5.74, 6) is 0.237. The number of ether oxygens (including phenoxy) is 1. The zero-order valence-corrected chi connectivity index (χ0v) is 17.8. The molecule has 2 bridgehead atoms. The molecule has 2 aliphatic heterocycles. The third-order valence-electron chi connectivity index (χ3n) is 6.97. The highest BCUT2D eigenvalue weighted by molar-refractivity contribution is 5.58. The minimum Gasteiger partial charge on any atom is -0.424 e. The third kappa shape index (κ3) is 5.04. The first-order valence-corrected chi connectivity index (χ1v) is 11.5. The summed E-state index contributed by atoms with van der Waals surface area (Å²) in [5.41, 5.74) is 0.641. The lowest BCUT2D eigenvalue weighted by Gasteiger charge is -2.39. The predicted molar refractivity (Wildman–Crippen MR) is 114 cm³/mol. The molecule has 1 aromatic heterocycles. The zero-order valence-electron chi connectivity index (χ0n) is 17.8. The Bertz CT molecular complexity index is 901. The second-order valence-corrected chi connectivity index (χ2v) is 9.14. The van der Waals surface area contributed by atoms with Crippen molar-refractivity contribution in [2.45, 2.75) is 87.9 Å². The Morgan fingerprint density at radius 1 is 0.938 bits per heavy atom. The molecule has 2 saturated heterocycles. The van der Waals surface area contributed by atoms with Crippen molar-refractivity contribution in [1.82, 2.24) is 15.6 Å². The van der Waals surface area contributed by atoms with Gasteiger partial charge in [0, 0.05) is 35.8 Å². The van der Waals surface area contributed by atoms with Crippen molar-refractivity contribution in [3.8, 4) is 17.1 Å². The molecule has 5 rings (SSSR count). The van der Waals surface area contributed by atoms with E-state index in [1.807, 2.05) is 0 Å². The largest absolute Gasteiger partial charge is 0.573 e. The number of nitrogens with zero attached hydrogens (tertiary/aromatic N) is 1. The van der Waals surface area contributed by atoms with Crippen LogP contribution >= 0.6 is 0 Å². The molecule has 1 aromatic carbocycles. The summed E-state index contributed by atoms with van der Waals surface area (Å²) in [4.78, 5) is 4.36. The molecule has 9 heteroatoms. The summed E-state index contributed by atoms with van der Waals surface area (Å²) in [6.45, 7) is 0. The van der Waals surface area contributed by atoms with Crippen LogP contribution in [0.2, 0.25) is 0 Å². The van der Waals surface area contributed by atoms with Gasteiger partial charge in [0.15, 0.2) is 5.76 Å². The minimum absolute atomic E-state index is 0.233. The second kappa shape index (κ2) is 8.94. The molecule has 3 fully saturated rings. The third-order valence-corrected chi connectivity index (χ3v) is 6.97. The number of oxazole rings is 1. The van der Waals surface area contributed by atoms with E-state index in [1.165, 1.54) is 62.8 Å². The number of fused-ring (bicyclic) bond motifs is 2. The van der Waals surface area contributed by atoms with E-state index in [9.17, 15) is 13.2 Å². The van der Waals surface area contributed by atoms with Crippen LogP contribution in [0.5, 0.6) is 5.75 Å². The average Bonchev–Trinajstić information content (AvgIpc) is 3.38. The van der Waals surface area contributed by atoms with E-state index in [4.69, 9.17) is 4.42 Å². The number of hydrogen-bond acceptors (Lipinski definition) is 6. The quantitative estimate of drug-likeness (QED) is 0.585. The summed E-state index contributed by atoms with van der Waals surface area (Å²) in [5, 5.41) is 11.1. The van der Waals surface area contributed by atoms with Crippen molar-refractivity contribution in [3.05, 3.63) is 30.5 Å². The molecule has 2 aromatic rings. The van der Waals surface area contributed by atoms with Gasteiger partial charge >= 0.3 is 6.36 Å². The first-order valence-electron chi connectivity index (χ1n) is 11.5. The molecular formula is C23H29F3N4O2. The molecule has 174 valence electrons. The van der Waals surface area contributed by atoms with E-state index in [0.29, 0.717) is 41.5 Å². The van der Waals surface area contributed by atoms with Gasteiger partial charge < -0.3 is 25.1 Å². The fraction of sp³-hybridized carbons (Fsp3) is 0.609. The van der Waals surface area contributed by atoms with Gasteiger partial charge in [0.1, 0.15) is 5.75 Å². The smallest absolute Gasteiger partial charge is 0.424 e. The van der Waals surface area contributed by atoms with E-state index in [-0.39, 0.29) is 11.8 Å². The fourth-order valence-corrected chi connectivity index (χ4v) is 5.41. The van der Waals surface area contributed by atoms with E-state index in [2.05, 4.69) is 25.7 Å². The molecule has 32 heavy (non-hydrogen) atoms. The number of halogens is 3. The van der Waals surface area contributed by atoms with Crippen LogP contribution < -0.4 is 20.7 Å². The Morgan fingerprint density at radius 3 is 2.47 bits per heavy atom. The highest BCUT2D eigenvalue weighted by Gasteiger charge is 2.37. The van der Waals surface area contributed by atoms with E-state index >= 15 is 0 Å². The maximum atomic E-state index is 12.3. The van der Waals surface area contributed by atoms with Crippen molar-refractivity contribution < 1.29 is 22.3 Å². The van der Waals surface area contributed by atoms with Gasteiger partial charge in [-0.3, -0.25) is 0 Å². The van der Waals surface area contributed by atoms with Gasteiger partial charge in [0.2, 0.25) is 0 Å². The van der Waals surface area contributed by atoms with Crippen LogP contribution in [0.1, 0.15) is 51.4 Å². The average molecular weight is 451 g/mol. The SMILES string of the molecule is FC(F)(F)Oc1ccc(-c2cnc(NC3CCCCC3NC3CCC4CCC3N4)o2)cc1. The summed E-state index contributed by atoms with van der Waals surface area (Å²) >= 11 is 0. The van der Waals surface area contributed by atoms with Crippen LogP contribution in [-0.2, 0) is 0 Å². The van der Waals surface area contributed by atoms with E-state index in [1.54, 1.807) is 6.20 Å². The Hall–Kier alpha value is -2.26. The summed E-state index contributed by atoms with van der Waals surface area (Å²) in [7, 11) is 0. The highest BCUT2D eigenvalue weighted by Crippen LogP contribution is 2.31. The van der Waals surface area contributed by atoms with Gasteiger partial charge in [0.05, 0.1) is 6.20 Å². The maximum Gasteiger partial charge on any atom is 0.573 e. The molecule has 3 heterocycles. The Labute approximate surface area is 185 Å². The van der Waals surface area contributed by atoms with Crippen molar-refractivity contribution in [2.24, 2.45) is 0 Å². The highest BCUT2D eigenvalue weighted by atomic mass is 19.4. The molecule has 0 amide bonds. The monoisotopic (exact) mass is 450 g/mol. The first-order chi connectivity index (χ1) is 15.4. The molecule has 3 N–H and O–H groups in total. The van der Waals surface area contributed by atoms with Gasteiger partial charge in [0.25, 0.3) is 6.01 Å². The lowest BCUT2D eigenvalue weighted by Crippen LogP contribution is -2.57. The van der Waals surface area contributed by atoms with Gasteiger partial charge in [-0.05, 0) is 62.8 Å². The predicted octanol–water partition coefficient (Wildman–Crippen LogP) is 4.84. The lowest BCUT2D eigenvalue weighted by molar-refractivity contribution is -0.274. The van der Waals surface area contributed by atoms with Crippen molar-refractivity contribution >= 4 is 6.01 Å². The Balaban J connectivity index is 1.22. The first kappa shape index (κ1) is 21.6. The number of piperidine rings is 1. The summed E-state index contributed by atoms with van der Waals surface area (Å²) in [6.07, 6.45) is 6.45. The number of benzene rings is 1. The molecule has 3 aliphatic rings. The van der Waals surface area contributed by atoms with E-state index in [0.717, 1.165) is 12.8 Å². The molecule has 0 spiro atoms. The molecular weight excluding hydrogens is 421 g/mol. The topological polar surface area (TPSA) is 71.3 Å². The van der Waals surface area contributed by atoms with E-state index < -0.39 is 6.36 Å². The number of aromatic nitrogens is 1. The number of rotatable bonds is 6. The van der Waals surface area contributed by atoms with Crippen molar-refractivity contribution in [1.29, 1.82) is 0 Å². The van der Waals surface area contributed by atoms with Crippen LogP contribution in [0.25, 0.3) is 11.3 Å². The Morgan fingerprint density at radius 2 is 1.69 bits per heavy atom. The molecule has 0 radical (unpaired) electrons. The number of nitrogens with one attached hydrogen (secondary N) is 3. The van der Waals surface area contributed by atoms with Crippen molar-refractivity contribution in [3.63, 3.8) is 0 Å². The maximum absolute atomic E-state index is 12.3. The van der Waals surface area contributed by atoms with Gasteiger partial charge in [-0.25, -0.2) is 4.98 Å². The molecule has 1 aliphatic carbocycles. The van der Waals surface area contributed by atoms with Gasteiger partial charge in [-0.2, -0.15) is 0 Å². The van der Waals surface area contributed by atoms with Crippen LogP contribution in [0.3, 0.4) is 0 Å².